The van der Waals surface area contributed by atoms with Crippen LogP contribution in [0.3, 0.4) is 0 Å². The van der Waals surface area contributed by atoms with Gasteiger partial charge in [0.2, 0.25) is 0 Å². The fourth-order valence-corrected chi connectivity index (χ4v) is 5.63. The minimum atomic E-state index is 0.729. The van der Waals surface area contributed by atoms with Crippen molar-refractivity contribution >= 4 is 0 Å². The first-order valence-electron chi connectivity index (χ1n) is 9.69. The van der Waals surface area contributed by atoms with Gasteiger partial charge in [-0.25, -0.2) is 0 Å². The number of hydrogen-bond acceptors (Lipinski definition) is 4. The van der Waals surface area contributed by atoms with Gasteiger partial charge in [-0.2, -0.15) is 0 Å². The predicted molar refractivity (Wildman–Crippen MR) is 96.9 cm³/mol. The lowest BCUT2D eigenvalue weighted by Crippen LogP contribution is -2.56. The summed E-state index contributed by atoms with van der Waals surface area (Å²) < 4.78 is 5.27. The summed E-state index contributed by atoms with van der Waals surface area (Å²) in [6.07, 6.45) is 2.78. The molecule has 0 radical (unpaired) electrons. The molecular weight excluding hydrogens is 310 g/mol. The number of hydrogen-bond donors (Lipinski definition) is 0. The van der Waals surface area contributed by atoms with Crippen molar-refractivity contribution < 1.29 is 4.52 Å². The zero-order valence-electron chi connectivity index (χ0n) is 15.0. The summed E-state index contributed by atoms with van der Waals surface area (Å²) in [7, 11) is 0. The van der Waals surface area contributed by atoms with Crippen molar-refractivity contribution in [2.24, 2.45) is 17.8 Å². The van der Waals surface area contributed by atoms with Crippen molar-refractivity contribution in [1.82, 2.24) is 15.0 Å². The molecule has 3 saturated heterocycles. The van der Waals surface area contributed by atoms with Crippen LogP contribution in [0.4, 0.5) is 0 Å². The van der Waals surface area contributed by atoms with Gasteiger partial charge in [0.25, 0.3) is 0 Å². The van der Waals surface area contributed by atoms with Gasteiger partial charge in [0, 0.05) is 44.8 Å². The van der Waals surface area contributed by atoms with Crippen molar-refractivity contribution in [1.29, 1.82) is 0 Å². The number of benzene rings is 1. The van der Waals surface area contributed by atoms with Crippen molar-refractivity contribution in [2.45, 2.75) is 38.9 Å². The molecule has 4 unspecified atom stereocenters. The van der Waals surface area contributed by atoms with E-state index in [0.717, 1.165) is 48.3 Å². The van der Waals surface area contributed by atoms with Gasteiger partial charge in [0.1, 0.15) is 5.76 Å². The van der Waals surface area contributed by atoms with Crippen LogP contribution < -0.4 is 0 Å². The molecule has 4 heteroatoms. The van der Waals surface area contributed by atoms with E-state index in [1.54, 1.807) is 0 Å². The van der Waals surface area contributed by atoms with E-state index >= 15 is 0 Å². The zero-order valence-corrected chi connectivity index (χ0v) is 15.0. The molecule has 2 aromatic rings. The number of aryl methyl sites for hydroxylation is 1. The first-order valence-corrected chi connectivity index (χ1v) is 9.69. The molecule has 4 nitrogen and oxygen atoms in total. The second-order valence-corrected chi connectivity index (χ2v) is 8.27. The van der Waals surface area contributed by atoms with Gasteiger partial charge in [-0.3, -0.25) is 9.80 Å². The molecule has 6 rings (SSSR count). The van der Waals surface area contributed by atoms with Crippen LogP contribution in [0, 0.1) is 24.7 Å². The first kappa shape index (κ1) is 15.6. The summed E-state index contributed by atoms with van der Waals surface area (Å²) >= 11 is 0. The molecule has 1 aromatic heterocycles. The molecule has 1 saturated carbocycles. The third kappa shape index (κ3) is 2.91. The van der Waals surface area contributed by atoms with Crippen LogP contribution in [0.1, 0.15) is 29.9 Å². The molecule has 2 bridgehead atoms. The molecule has 3 aliphatic heterocycles. The molecule has 4 atom stereocenters. The zero-order chi connectivity index (χ0) is 16.8. The molecule has 25 heavy (non-hydrogen) atoms. The number of aromatic nitrogens is 1. The van der Waals surface area contributed by atoms with E-state index in [0.29, 0.717) is 0 Å². The van der Waals surface area contributed by atoms with E-state index < -0.39 is 0 Å². The Kier molecular flexibility index (Phi) is 3.90. The van der Waals surface area contributed by atoms with Crippen LogP contribution in [0.25, 0.3) is 0 Å². The Balaban J connectivity index is 1.29. The van der Waals surface area contributed by atoms with Gasteiger partial charge >= 0.3 is 0 Å². The molecule has 4 aliphatic rings. The summed E-state index contributed by atoms with van der Waals surface area (Å²) in [6.45, 7) is 7.84. The SMILES string of the molecule is Cc1cc(CN2CC3CCC2C2CN(Cc4ccccc4)CC32)no1. The molecule has 132 valence electrons. The lowest BCUT2D eigenvalue weighted by molar-refractivity contribution is -0.0313. The molecule has 0 N–H and O–H groups in total. The van der Waals surface area contributed by atoms with Crippen LogP contribution >= 0.6 is 0 Å². The fraction of sp³-hybridized carbons (Fsp3) is 0.571. The van der Waals surface area contributed by atoms with Crippen molar-refractivity contribution in [2.75, 3.05) is 19.6 Å². The minimum Gasteiger partial charge on any atom is -0.361 e. The third-order valence-corrected chi connectivity index (χ3v) is 6.65. The van der Waals surface area contributed by atoms with Crippen molar-refractivity contribution in [3.63, 3.8) is 0 Å². The lowest BCUT2D eigenvalue weighted by atomic mass is 9.66. The summed E-state index contributed by atoms with van der Waals surface area (Å²) in [5, 5.41) is 4.22. The summed E-state index contributed by atoms with van der Waals surface area (Å²) in [5.74, 6) is 3.52. The minimum absolute atomic E-state index is 0.729. The maximum atomic E-state index is 5.27. The van der Waals surface area contributed by atoms with Crippen LogP contribution in [0.5, 0.6) is 0 Å². The van der Waals surface area contributed by atoms with E-state index in [1.807, 2.05) is 6.92 Å². The molecule has 4 fully saturated rings. The summed E-state index contributed by atoms with van der Waals surface area (Å²) in [6, 6.07) is 13.8. The molecule has 0 spiro atoms. The third-order valence-electron chi connectivity index (χ3n) is 6.65. The summed E-state index contributed by atoms with van der Waals surface area (Å²) in [5.41, 5.74) is 2.55. The fourth-order valence-electron chi connectivity index (χ4n) is 5.63. The largest absolute Gasteiger partial charge is 0.361 e. The Labute approximate surface area is 149 Å². The van der Waals surface area contributed by atoms with E-state index in [1.165, 1.54) is 38.0 Å². The topological polar surface area (TPSA) is 32.5 Å². The average molecular weight is 337 g/mol. The number of fused-ring (bicyclic) bond motifs is 2. The molecular formula is C21H27N3O. The second kappa shape index (κ2) is 6.26. The van der Waals surface area contributed by atoms with Crippen LogP contribution in [0.2, 0.25) is 0 Å². The van der Waals surface area contributed by atoms with E-state index in [-0.39, 0.29) is 0 Å². The van der Waals surface area contributed by atoms with Crippen LogP contribution in [-0.4, -0.2) is 40.6 Å². The van der Waals surface area contributed by atoms with E-state index in [9.17, 15) is 0 Å². The Hall–Kier alpha value is -1.65. The highest BCUT2D eigenvalue weighted by atomic mass is 16.5. The molecule has 0 amide bonds. The first-order chi connectivity index (χ1) is 12.3. The second-order valence-electron chi connectivity index (χ2n) is 8.27. The Bertz CT molecular complexity index is 728. The standard InChI is InChI=1S/C21H27N3O/c1-15-9-18(22-25-15)12-24-11-17-7-8-21(24)20-14-23(13-19(17)20)10-16-5-3-2-4-6-16/h2-6,9,17,19-21H,7-8,10-14H2,1H3. The van der Waals surface area contributed by atoms with Gasteiger partial charge in [-0.15, -0.1) is 0 Å². The molecule has 1 aliphatic carbocycles. The average Bonchev–Trinajstić information content (AvgIpc) is 3.23. The quantitative estimate of drug-likeness (QED) is 0.857. The monoisotopic (exact) mass is 337 g/mol. The molecule has 4 heterocycles. The summed E-state index contributed by atoms with van der Waals surface area (Å²) in [4.78, 5) is 5.39. The maximum Gasteiger partial charge on any atom is 0.133 e. The Morgan fingerprint density at radius 2 is 1.88 bits per heavy atom. The van der Waals surface area contributed by atoms with Gasteiger partial charge in [-0.1, -0.05) is 35.5 Å². The van der Waals surface area contributed by atoms with Crippen molar-refractivity contribution in [3.05, 3.63) is 53.4 Å². The van der Waals surface area contributed by atoms with Crippen molar-refractivity contribution in [3.8, 4) is 0 Å². The normalized spacial score (nSPS) is 32.2. The number of piperidine rings is 2. The van der Waals surface area contributed by atoms with Gasteiger partial charge in [0.05, 0.1) is 5.69 Å². The predicted octanol–water partition coefficient (Wildman–Crippen LogP) is 3.33. The van der Waals surface area contributed by atoms with Gasteiger partial charge in [0.15, 0.2) is 0 Å². The van der Waals surface area contributed by atoms with E-state index in [2.05, 4.69) is 51.4 Å². The van der Waals surface area contributed by atoms with Crippen LogP contribution in [-0.2, 0) is 13.1 Å². The number of rotatable bonds is 4. The highest BCUT2D eigenvalue weighted by Gasteiger charge is 2.51. The van der Waals surface area contributed by atoms with Crippen LogP contribution in [0.15, 0.2) is 40.9 Å². The lowest BCUT2D eigenvalue weighted by Gasteiger charge is -2.52. The van der Waals surface area contributed by atoms with Gasteiger partial charge in [-0.05, 0) is 43.1 Å². The van der Waals surface area contributed by atoms with E-state index in [4.69, 9.17) is 4.52 Å². The highest BCUT2D eigenvalue weighted by Crippen LogP contribution is 2.47. The Morgan fingerprint density at radius 3 is 2.68 bits per heavy atom. The highest BCUT2D eigenvalue weighted by molar-refractivity contribution is 5.15. The maximum absolute atomic E-state index is 5.27. The smallest absolute Gasteiger partial charge is 0.133 e. The Morgan fingerprint density at radius 1 is 1.04 bits per heavy atom. The number of likely N-dealkylation sites (tertiary alicyclic amines) is 1. The molecule has 1 aromatic carbocycles. The number of nitrogens with zero attached hydrogens (tertiary/aromatic N) is 3. The van der Waals surface area contributed by atoms with Gasteiger partial charge < -0.3 is 4.52 Å².